The maximum atomic E-state index is 12.4. The van der Waals surface area contributed by atoms with E-state index in [9.17, 15) is 18.3 Å². The summed E-state index contributed by atoms with van der Waals surface area (Å²) < 4.78 is 35.9. The van der Waals surface area contributed by atoms with E-state index in [4.69, 9.17) is 9.47 Å². The maximum absolute atomic E-state index is 12.4. The van der Waals surface area contributed by atoms with Crippen molar-refractivity contribution in [2.75, 3.05) is 25.0 Å². The molecule has 0 atom stereocenters. The van der Waals surface area contributed by atoms with E-state index in [1.54, 1.807) is 6.92 Å². The number of hydrogen-bond acceptors (Lipinski definition) is 6. The monoisotopic (exact) mass is 329 g/mol. The van der Waals surface area contributed by atoms with Gasteiger partial charge in [0.2, 0.25) is 10.0 Å². The minimum Gasteiger partial charge on any atom is -0.506 e. The Morgan fingerprint density at radius 1 is 1.41 bits per heavy atom. The van der Waals surface area contributed by atoms with Crippen molar-refractivity contribution >= 4 is 21.7 Å². The fraction of sp³-hybridized carbons (Fsp3) is 0.500. The number of methoxy groups -OCH3 is 1. The second kappa shape index (κ2) is 6.13. The predicted molar refractivity (Wildman–Crippen MR) is 80.4 cm³/mol. The van der Waals surface area contributed by atoms with Crippen LogP contribution in [0.5, 0.6) is 5.75 Å². The first-order chi connectivity index (χ1) is 10.3. The Morgan fingerprint density at radius 3 is 2.59 bits per heavy atom. The van der Waals surface area contributed by atoms with Crippen LogP contribution in [0.4, 0.5) is 5.69 Å². The van der Waals surface area contributed by atoms with E-state index in [0.717, 1.165) is 0 Å². The van der Waals surface area contributed by atoms with Crippen LogP contribution in [0.15, 0.2) is 18.2 Å². The first kappa shape index (κ1) is 16.6. The third kappa shape index (κ3) is 3.17. The molecule has 1 fully saturated rings. The molecule has 1 saturated carbocycles. The zero-order chi connectivity index (χ0) is 16.4. The van der Waals surface area contributed by atoms with Crippen molar-refractivity contribution < 1.29 is 27.8 Å². The van der Waals surface area contributed by atoms with Crippen molar-refractivity contribution in [2.45, 2.75) is 24.5 Å². The SMILES string of the molecule is CCOC(=O)c1ccc(NS(=O)(=O)C2(COC)CC2)c(O)c1. The lowest BCUT2D eigenvalue weighted by Crippen LogP contribution is -2.33. The van der Waals surface area contributed by atoms with Gasteiger partial charge in [-0.2, -0.15) is 0 Å². The molecule has 0 amide bonds. The molecule has 0 unspecified atom stereocenters. The minimum absolute atomic E-state index is 0.0235. The average Bonchev–Trinajstić information content (AvgIpc) is 3.23. The van der Waals surface area contributed by atoms with Crippen molar-refractivity contribution in [1.82, 2.24) is 0 Å². The molecule has 0 spiro atoms. The highest BCUT2D eigenvalue weighted by Crippen LogP contribution is 2.44. The van der Waals surface area contributed by atoms with E-state index in [1.807, 2.05) is 0 Å². The van der Waals surface area contributed by atoms with Crippen LogP contribution in [0.1, 0.15) is 30.1 Å². The van der Waals surface area contributed by atoms with Crippen molar-refractivity contribution in [2.24, 2.45) is 0 Å². The van der Waals surface area contributed by atoms with Crippen LogP contribution in [0, 0.1) is 0 Å². The number of carbonyl (C=O) groups is 1. The summed E-state index contributed by atoms with van der Waals surface area (Å²) in [6, 6.07) is 3.90. The summed E-state index contributed by atoms with van der Waals surface area (Å²) in [6.45, 7) is 1.99. The number of carbonyl (C=O) groups excluding carboxylic acids is 1. The molecule has 7 nitrogen and oxygen atoms in total. The summed E-state index contributed by atoms with van der Waals surface area (Å²) in [5.41, 5.74) is 0.177. The van der Waals surface area contributed by atoms with Gasteiger partial charge < -0.3 is 14.6 Å². The van der Waals surface area contributed by atoms with Gasteiger partial charge >= 0.3 is 5.97 Å². The van der Waals surface area contributed by atoms with E-state index < -0.39 is 20.7 Å². The molecule has 1 aliphatic rings. The Labute approximate surface area is 129 Å². The molecule has 8 heteroatoms. The number of phenols is 1. The third-order valence-corrected chi connectivity index (χ3v) is 5.69. The largest absolute Gasteiger partial charge is 0.506 e. The summed E-state index contributed by atoms with van der Waals surface area (Å²) >= 11 is 0. The number of phenolic OH excluding ortho intramolecular Hbond substituents is 1. The zero-order valence-electron chi connectivity index (χ0n) is 12.5. The van der Waals surface area contributed by atoms with Crippen LogP contribution in [-0.2, 0) is 19.5 Å². The van der Waals surface area contributed by atoms with Gasteiger partial charge in [0.05, 0.1) is 24.5 Å². The molecular formula is C14H19NO6S. The summed E-state index contributed by atoms with van der Waals surface area (Å²) in [5.74, 6) is -0.910. The molecule has 122 valence electrons. The highest BCUT2D eigenvalue weighted by atomic mass is 32.2. The van der Waals surface area contributed by atoms with Gasteiger partial charge in [-0.15, -0.1) is 0 Å². The topological polar surface area (TPSA) is 102 Å². The molecule has 1 aliphatic carbocycles. The normalized spacial score (nSPS) is 16.1. The van der Waals surface area contributed by atoms with Gasteiger partial charge in [-0.25, -0.2) is 13.2 Å². The Morgan fingerprint density at radius 2 is 2.09 bits per heavy atom. The average molecular weight is 329 g/mol. The summed E-state index contributed by atoms with van der Waals surface area (Å²) in [6.07, 6.45) is 1.02. The lowest BCUT2D eigenvalue weighted by Gasteiger charge is -2.17. The number of benzene rings is 1. The summed E-state index contributed by atoms with van der Waals surface area (Å²) in [7, 11) is -2.24. The highest BCUT2D eigenvalue weighted by Gasteiger charge is 2.55. The number of sulfonamides is 1. The minimum atomic E-state index is -3.68. The van der Waals surface area contributed by atoms with Crippen molar-refractivity contribution in [3.05, 3.63) is 23.8 Å². The number of ether oxygens (including phenoxy) is 2. The van der Waals surface area contributed by atoms with Gasteiger partial charge in [0.15, 0.2) is 0 Å². The predicted octanol–water partition coefficient (Wildman–Crippen LogP) is 1.49. The summed E-state index contributed by atoms with van der Waals surface area (Å²) in [4.78, 5) is 11.6. The smallest absolute Gasteiger partial charge is 0.338 e. The third-order valence-electron chi connectivity index (χ3n) is 3.54. The fourth-order valence-electron chi connectivity index (χ4n) is 2.11. The quantitative estimate of drug-likeness (QED) is 0.580. The second-order valence-corrected chi connectivity index (χ2v) is 7.25. The molecule has 2 rings (SSSR count). The van der Waals surface area contributed by atoms with Gasteiger partial charge in [0.25, 0.3) is 0 Å². The maximum Gasteiger partial charge on any atom is 0.338 e. The number of nitrogens with one attached hydrogen (secondary N) is 1. The second-order valence-electron chi connectivity index (χ2n) is 5.17. The van der Waals surface area contributed by atoms with Crippen LogP contribution in [-0.4, -0.2) is 44.6 Å². The molecule has 0 saturated heterocycles. The van der Waals surface area contributed by atoms with Crippen molar-refractivity contribution in [3.63, 3.8) is 0 Å². The Bertz CT molecular complexity index is 666. The lowest BCUT2D eigenvalue weighted by molar-refractivity contribution is 0.0526. The molecule has 0 bridgehead atoms. The summed E-state index contributed by atoms with van der Waals surface area (Å²) in [5, 5.41) is 9.92. The molecule has 0 aromatic heterocycles. The lowest BCUT2D eigenvalue weighted by atomic mass is 10.2. The van der Waals surface area contributed by atoms with Gasteiger partial charge in [0, 0.05) is 7.11 Å². The van der Waals surface area contributed by atoms with Gasteiger partial charge in [0.1, 0.15) is 10.5 Å². The Hall–Kier alpha value is -1.80. The van der Waals surface area contributed by atoms with E-state index in [-0.39, 0.29) is 30.2 Å². The van der Waals surface area contributed by atoms with E-state index in [1.165, 1.54) is 25.3 Å². The number of hydrogen-bond donors (Lipinski definition) is 2. The van der Waals surface area contributed by atoms with Gasteiger partial charge in [-0.3, -0.25) is 4.72 Å². The van der Waals surface area contributed by atoms with Crippen LogP contribution in [0.2, 0.25) is 0 Å². The molecule has 0 aliphatic heterocycles. The molecule has 1 aromatic carbocycles. The van der Waals surface area contributed by atoms with Gasteiger partial charge in [-0.1, -0.05) is 0 Å². The van der Waals surface area contributed by atoms with Crippen molar-refractivity contribution in [1.29, 1.82) is 0 Å². The number of esters is 1. The first-order valence-electron chi connectivity index (χ1n) is 6.86. The van der Waals surface area contributed by atoms with E-state index in [0.29, 0.717) is 12.8 Å². The van der Waals surface area contributed by atoms with Crippen LogP contribution < -0.4 is 4.72 Å². The fourth-order valence-corrected chi connectivity index (χ4v) is 3.70. The van der Waals surface area contributed by atoms with Crippen LogP contribution in [0.3, 0.4) is 0 Å². The number of anilines is 1. The first-order valence-corrected chi connectivity index (χ1v) is 8.35. The highest BCUT2D eigenvalue weighted by molar-refractivity contribution is 7.94. The van der Waals surface area contributed by atoms with Crippen molar-refractivity contribution in [3.8, 4) is 5.75 Å². The van der Waals surface area contributed by atoms with E-state index in [2.05, 4.69) is 4.72 Å². The van der Waals surface area contributed by atoms with Gasteiger partial charge in [-0.05, 0) is 38.0 Å². The number of rotatable bonds is 7. The Kier molecular flexibility index (Phi) is 4.62. The molecular weight excluding hydrogens is 310 g/mol. The molecule has 1 aromatic rings. The number of aromatic hydroxyl groups is 1. The molecule has 0 radical (unpaired) electrons. The molecule has 0 heterocycles. The standard InChI is InChI=1S/C14H19NO6S/c1-3-21-13(17)10-4-5-11(12(16)8-10)15-22(18,19)14(6-7-14)9-20-2/h4-5,8,15-16H,3,6-7,9H2,1-2H3. The van der Waals surface area contributed by atoms with Crippen LogP contribution in [0.25, 0.3) is 0 Å². The molecule has 2 N–H and O–H groups in total. The zero-order valence-corrected chi connectivity index (χ0v) is 13.3. The van der Waals surface area contributed by atoms with Crippen LogP contribution >= 0.6 is 0 Å². The van der Waals surface area contributed by atoms with E-state index >= 15 is 0 Å². The Balaban J connectivity index is 2.19. The molecule has 22 heavy (non-hydrogen) atoms.